The van der Waals surface area contributed by atoms with Crippen LogP contribution in [0.25, 0.3) is 10.9 Å². The minimum atomic E-state index is -0.734. The van der Waals surface area contributed by atoms with E-state index >= 15 is 4.39 Å². The Bertz CT molecular complexity index is 1380. The summed E-state index contributed by atoms with van der Waals surface area (Å²) in [5.41, 5.74) is -1.10. The van der Waals surface area contributed by atoms with E-state index in [-0.39, 0.29) is 64.0 Å². The van der Waals surface area contributed by atoms with Crippen LogP contribution in [0, 0.1) is 5.82 Å². The predicted octanol–water partition coefficient (Wildman–Crippen LogP) is 4.37. The number of rotatable bonds is 5. The number of hydrogen-bond acceptors (Lipinski definition) is 8. The summed E-state index contributed by atoms with van der Waals surface area (Å²) >= 11 is 6.42. The molecule has 4 atom stereocenters. The van der Waals surface area contributed by atoms with Crippen LogP contribution in [0.3, 0.4) is 0 Å². The number of anilines is 1. The Morgan fingerprint density at radius 3 is 2.30 bits per heavy atom. The number of piperazine rings is 1. The zero-order valence-corrected chi connectivity index (χ0v) is 24.6. The molecule has 10 nitrogen and oxygen atoms in total. The van der Waals surface area contributed by atoms with Crippen LogP contribution in [0.15, 0.2) is 4.79 Å². The van der Waals surface area contributed by atoms with Gasteiger partial charge in [-0.05, 0) is 79.8 Å². The first kappa shape index (κ1) is 27.5. The number of carbonyl (C=O) groups is 1. The molecule has 12 heteroatoms. The van der Waals surface area contributed by atoms with Gasteiger partial charge in [0.05, 0.1) is 0 Å². The van der Waals surface area contributed by atoms with Crippen molar-refractivity contribution in [1.29, 1.82) is 0 Å². The summed E-state index contributed by atoms with van der Waals surface area (Å²) in [6.45, 7) is 9.33. The molecule has 4 fully saturated rings. The summed E-state index contributed by atoms with van der Waals surface area (Å²) < 4.78 is 29.1. The molecule has 3 saturated heterocycles. The van der Waals surface area contributed by atoms with Crippen molar-refractivity contribution in [2.45, 2.75) is 102 Å². The quantitative estimate of drug-likeness (QED) is 0.485. The van der Waals surface area contributed by atoms with Crippen molar-refractivity contribution in [2.75, 3.05) is 31.6 Å². The lowest BCUT2D eigenvalue weighted by Gasteiger charge is -2.42. The van der Waals surface area contributed by atoms with Crippen molar-refractivity contribution >= 4 is 34.4 Å². The summed E-state index contributed by atoms with van der Waals surface area (Å²) in [5, 5.41) is -0.105. The fraction of sp³-hybridized carbons (Fsp3) is 0.714. The van der Waals surface area contributed by atoms with Crippen molar-refractivity contribution in [3.8, 4) is 6.01 Å². The first-order valence-corrected chi connectivity index (χ1v) is 14.7. The van der Waals surface area contributed by atoms with E-state index in [9.17, 15) is 9.59 Å². The summed E-state index contributed by atoms with van der Waals surface area (Å²) in [5.74, 6) is -0.375. The topological polar surface area (TPSA) is 93.0 Å². The number of halogens is 2. The summed E-state index contributed by atoms with van der Waals surface area (Å²) in [6.07, 6.45) is 4.63. The number of pyridine rings is 1. The van der Waals surface area contributed by atoms with Crippen molar-refractivity contribution in [2.24, 2.45) is 0 Å². The Labute approximate surface area is 238 Å². The molecule has 0 radical (unpaired) electrons. The van der Waals surface area contributed by atoms with Gasteiger partial charge < -0.3 is 19.3 Å². The molecule has 3 aliphatic heterocycles. The fourth-order valence-electron chi connectivity index (χ4n) is 6.59. The van der Waals surface area contributed by atoms with Gasteiger partial charge in [-0.15, -0.1) is 0 Å². The van der Waals surface area contributed by atoms with Crippen LogP contribution in [-0.4, -0.2) is 86.9 Å². The molecule has 5 heterocycles. The lowest BCUT2D eigenvalue weighted by Crippen LogP contribution is -2.56. The Hall–Kier alpha value is -2.66. The van der Waals surface area contributed by atoms with Gasteiger partial charge in [0.2, 0.25) is 0 Å². The highest BCUT2D eigenvalue weighted by atomic mass is 35.5. The molecule has 0 aromatic carbocycles. The molecular formula is C28H38ClFN6O4. The van der Waals surface area contributed by atoms with Gasteiger partial charge in [-0.25, -0.2) is 9.18 Å². The van der Waals surface area contributed by atoms with Crippen molar-refractivity contribution in [1.82, 2.24) is 24.3 Å². The Morgan fingerprint density at radius 1 is 1.07 bits per heavy atom. The number of fused-ring (bicyclic) bond motifs is 3. The van der Waals surface area contributed by atoms with Gasteiger partial charge in [0.25, 0.3) is 5.56 Å². The zero-order valence-electron chi connectivity index (χ0n) is 23.8. The van der Waals surface area contributed by atoms with Crippen molar-refractivity contribution < 1.29 is 18.7 Å². The Morgan fingerprint density at radius 2 is 1.73 bits per heavy atom. The molecule has 2 bridgehead atoms. The number of likely N-dealkylation sites (N-methyl/N-ethyl adjacent to an activating group) is 1. The molecule has 218 valence electrons. The van der Waals surface area contributed by atoms with Crippen molar-refractivity contribution in [3.05, 3.63) is 21.3 Å². The Balaban J connectivity index is 1.42. The fourth-order valence-corrected chi connectivity index (χ4v) is 6.90. The molecule has 1 saturated carbocycles. The van der Waals surface area contributed by atoms with Crippen molar-refractivity contribution in [3.63, 3.8) is 0 Å². The predicted molar refractivity (Wildman–Crippen MR) is 150 cm³/mol. The number of ether oxygens (including phenoxy) is 2. The first-order valence-electron chi connectivity index (χ1n) is 14.4. The third-order valence-electron chi connectivity index (χ3n) is 8.60. The van der Waals surface area contributed by atoms with E-state index in [1.54, 1.807) is 4.90 Å². The minimum absolute atomic E-state index is 0.0304. The lowest BCUT2D eigenvalue weighted by molar-refractivity contribution is 0.0209. The highest BCUT2D eigenvalue weighted by Crippen LogP contribution is 2.41. The normalized spacial score (nSPS) is 26.0. The average molecular weight is 577 g/mol. The molecule has 0 N–H and O–H groups in total. The molecule has 2 aromatic heterocycles. The lowest BCUT2D eigenvalue weighted by atomic mass is 10.1. The van der Waals surface area contributed by atoms with Gasteiger partial charge in [-0.2, -0.15) is 9.97 Å². The number of likely N-dealkylation sites (tertiary alicyclic amines) is 2. The third kappa shape index (κ3) is 4.89. The van der Waals surface area contributed by atoms with Gasteiger partial charge in [0.15, 0.2) is 11.0 Å². The molecule has 1 aliphatic carbocycles. The number of carbonyl (C=O) groups excluding carboxylic acids is 1. The van der Waals surface area contributed by atoms with Crippen LogP contribution in [0.5, 0.6) is 6.01 Å². The molecule has 1 amide bonds. The number of amides is 1. The summed E-state index contributed by atoms with van der Waals surface area (Å²) in [7, 11) is 2.06. The van der Waals surface area contributed by atoms with E-state index in [1.165, 1.54) is 4.57 Å². The molecular weight excluding hydrogens is 539 g/mol. The van der Waals surface area contributed by atoms with Crippen LogP contribution in [-0.2, 0) is 4.74 Å². The first-order chi connectivity index (χ1) is 18.9. The number of hydrogen-bond donors (Lipinski definition) is 0. The second kappa shape index (κ2) is 10.0. The van der Waals surface area contributed by atoms with Crippen LogP contribution in [0.4, 0.5) is 15.0 Å². The summed E-state index contributed by atoms with van der Waals surface area (Å²) in [4.78, 5) is 42.0. The number of aromatic nitrogens is 3. The number of nitrogens with zero attached hydrogens (tertiary/aromatic N) is 6. The molecule has 2 aromatic rings. The van der Waals surface area contributed by atoms with Gasteiger partial charge in [0, 0.05) is 37.3 Å². The SMILES string of the molecule is C[C@H](Oc1nc(N2C3CCC2CN(C(=O)OC(C)(C)C)C3)c2c(=O)n(C3CC3)c(Cl)c(F)c2n1)[C@@H]1CCCN1C. The minimum Gasteiger partial charge on any atom is -0.459 e. The van der Waals surface area contributed by atoms with E-state index in [0.29, 0.717) is 18.9 Å². The van der Waals surface area contributed by atoms with E-state index in [4.69, 9.17) is 26.1 Å². The van der Waals surface area contributed by atoms with Gasteiger partial charge >= 0.3 is 12.1 Å². The molecule has 40 heavy (non-hydrogen) atoms. The van der Waals surface area contributed by atoms with E-state index in [1.807, 2.05) is 27.7 Å². The molecule has 6 rings (SSSR count). The highest BCUT2D eigenvalue weighted by molar-refractivity contribution is 6.30. The van der Waals surface area contributed by atoms with Crippen LogP contribution >= 0.6 is 11.6 Å². The van der Waals surface area contributed by atoms with E-state index < -0.39 is 11.4 Å². The largest absolute Gasteiger partial charge is 0.459 e. The Kier molecular flexibility index (Phi) is 6.88. The summed E-state index contributed by atoms with van der Waals surface area (Å²) in [6, 6.07) is -0.122. The van der Waals surface area contributed by atoms with Gasteiger partial charge in [-0.1, -0.05) is 11.6 Å². The smallest absolute Gasteiger partial charge is 0.410 e. The van der Waals surface area contributed by atoms with E-state index in [2.05, 4.69) is 21.8 Å². The molecule has 0 spiro atoms. The molecule has 2 unspecified atom stereocenters. The third-order valence-corrected chi connectivity index (χ3v) is 8.95. The zero-order chi connectivity index (χ0) is 28.5. The van der Waals surface area contributed by atoms with Gasteiger partial charge in [0.1, 0.15) is 28.4 Å². The second-order valence-electron chi connectivity index (χ2n) is 12.8. The maximum Gasteiger partial charge on any atom is 0.410 e. The highest BCUT2D eigenvalue weighted by Gasteiger charge is 2.45. The second-order valence-corrected chi connectivity index (χ2v) is 13.1. The maximum absolute atomic E-state index is 15.9. The maximum atomic E-state index is 15.9. The van der Waals surface area contributed by atoms with Crippen LogP contribution in [0.2, 0.25) is 5.15 Å². The molecule has 4 aliphatic rings. The standard InChI is InChI=1S/C28H38ClFN6O4/c1-15(19-7-6-12-33(19)5)39-26-31-22-20(25(37)36(16-8-9-16)23(29)21(22)30)24(32-26)35-17-10-11-18(35)14-34(13-17)27(38)40-28(2,3)4/h15-19H,6-14H2,1-5H3/t15-,17?,18?,19-/m0/s1. The average Bonchev–Trinajstić information content (AvgIpc) is 3.56. The van der Waals surface area contributed by atoms with E-state index in [0.717, 1.165) is 45.1 Å². The van der Waals surface area contributed by atoms with Crippen LogP contribution in [0.1, 0.15) is 72.3 Å². The van der Waals surface area contributed by atoms with Crippen LogP contribution < -0.4 is 15.2 Å². The monoisotopic (exact) mass is 576 g/mol. The van der Waals surface area contributed by atoms with Gasteiger partial charge in [-0.3, -0.25) is 14.3 Å².